The van der Waals surface area contributed by atoms with Crippen molar-refractivity contribution in [3.63, 3.8) is 0 Å². The van der Waals surface area contributed by atoms with E-state index in [4.69, 9.17) is 5.26 Å². The van der Waals surface area contributed by atoms with Crippen molar-refractivity contribution in [1.82, 2.24) is 0 Å². The fourth-order valence-electron chi connectivity index (χ4n) is 1.64. The number of nitrogens with zero attached hydrogens (tertiary/aromatic N) is 1. The van der Waals surface area contributed by atoms with E-state index in [1.54, 1.807) is 0 Å². The van der Waals surface area contributed by atoms with E-state index in [9.17, 15) is 0 Å². The maximum absolute atomic E-state index is 8.97. The van der Waals surface area contributed by atoms with Crippen LogP contribution in [-0.2, 0) is 0 Å². The van der Waals surface area contributed by atoms with E-state index >= 15 is 0 Å². The van der Waals surface area contributed by atoms with Crippen LogP contribution in [0.2, 0.25) is 0 Å². The molecule has 0 atom stereocenters. The van der Waals surface area contributed by atoms with Crippen molar-refractivity contribution >= 4 is 17.2 Å². The van der Waals surface area contributed by atoms with Gasteiger partial charge in [0, 0.05) is 0 Å². The molecular weight excluding hydrogens is 221 g/mol. The molecule has 0 spiro atoms. The first-order chi connectivity index (χ1) is 7.12. The zero-order valence-corrected chi connectivity index (χ0v) is 10.8. The van der Waals surface area contributed by atoms with Crippen LogP contribution in [0.15, 0.2) is 50.4 Å². The second-order valence-corrected chi connectivity index (χ2v) is 12.2. The quantitative estimate of drug-likeness (QED) is 0.357. The van der Waals surface area contributed by atoms with Crippen molar-refractivity contribution in [2.24, 2.45) is 0 Å². The van der Waals surface area contributed by atoms with E-state index in [2.05, 4.69) is 31.7 Å². The summed E-state index contributed by atoms with van der Waals surface area (Å²) in [5.41, 5.74) is 0. The van der Waals surface area contributed by atoms with Gasteiger partial charge in [0.15, 0.2) is 0 Å². The second-order valence-electron chi connectivity index (χ2n) is 3.49. The van der Waals surface area contributed by atoms with Gasteiger partial charge in [0.05, 0.1) is 0 Å². The molecule has 0 radical (unpaired) electrons. The van der Waals surface area contributed by atoms with Crippen molar-refractivity contribution in [1.29, 1.82) is 5.26 Å². The van der Waals surface area contributed by atoms with Crippen LogP contribution in [0.1, 0.15) is 0 Å². The molecule has 0 N–H and O–H groups in total. The Morgan fingerprint density at radius 3 is 1.60 bits per heavy atom. The Hall–Kier alpha value is -0.770. The van der Waals surface area contributed by atoms with Crippen LogP contribution in [-0.4, -0.2) is 18.5 Å². The molecule has 15 heavy (non-hydrogen) atoms. The molecule has 0 aromatic carbocycles. The van der Waals surface area contributed by atoms with E-state index in [1.807, 2.05) is 24.0 Å². The summed E-state index contributed by atoms with van der Waals surface area (Å²) in [5, 5.41) is 11.2. The minimum atomic E-state index is -2.33. The van der Waals surface area contributed by atoms with Gasteiger partial charge in [-0.3, -0.25) is 0 Å². The molecule has 82 valence electrons. The molecule has 0 unspecified atom stereocenters. The van der Waals surface area contributed by atoms with Crippen LogP contribution in [0.4, 0.5) is 0 Å². The summed E-state index contributed by atoms with van der Waals surface area (Å²) in [5.74, 6) is -0.367. The van der Waals surface area contributed by atoms with Crippen molar-refractivity contribution in [3.05, 3.63) is 50.4 Å². The summed E-state index contributed by atoms with van der Waals surface area (Å²) in [7, 11) is 0. The number of allylic oxidation sites excluding steroid dienone is 3. The molecule has 0 bridgehead atoms. The third kappa shape index (κ3) is 3.09. The van der Waals surface area contributed by atoms with Gasteiger partial charge < -0.3 is 0 Å². The summed E-state index contributed by atoms with van der Waals surface area (Å²) < 4.78 is 0. The van der Waals surface area contributed by atoms with Crippen LogP contribution in [0, 0.1) is 10.7 Å². The predicted octanol–water partition coefficient (Wildman–Crippen LogP) is 4.37. The van der Waals surface area contributed by atoms with Crippen molar-refractivity contribution < 1.29 is 0 Å². The first-order valence-electron chi connectivity index (χ1n) is 4.67. The van der Waals surface area contributed by atoms with Crippen LogP contribution < -0.4 is 0 Å². The molecule has 0 aliphatic heterocycles. The van der Waals surface area contributed by atoms with Crippen molar-refractivity contribution in [2.75, 3.05) is 18.5 Å². The molecular formula is C12H18NPS. The normalized spacial score (nSPS) is 12.9. The summed E-state index contributed by atoms with van der Waals surface area (Å²) in [6.45, 7) is 15.3. The monoisotopic (exact) mass is 239 g/mol. The third-order valence-corrected chi connectivity index (χ3v) is 10.9. The molecule has 0 aromatic rings. The van der Waals surface area contributed by atoms with Gasteiger partial charge >= 0.3 is 96.7 Å². The van der Waals surface area contributed by atoms with Crippen LogP contribution >= 0.6 is 17.2 Å². The van der Waals surface area contributed by atoms with Gasteiger partial charge in [-0.15, -0.1) is 0 Å². The third-order valence-electron chi connectivity index (χ3n) is 2.45. The second kappa shape index (κ2) is 5.95. The molecule has 0 fully saturated rings. The van der Waals surface area contributed by atoms with Gasteiger partial charge in [0.25, 0.3) is 0 Å². The number of rotatable bonds is 8. The summed E-state index contributed by atoms with van der Waals surface area (Å²) in [4.78, 5) is 0. The number of nitriles is 1. The van der Waals surface area contributed by atoms with Gasteiger partial charge in [-0.05, 0) is 0 Å². The number of hydrogen-bond donors (Lipinski definition) is 0. The van der Waals surface area contributed by atoms with Gasteiger partial charge in [-0.25, -0.2) is 0 Å². The molecule has 0 heterocycles. The summed E-state index contributed by atoms with van der Waals surface area (Å²) in [6, 6.07) is 0. The molecule has 0 rings (SSSR count). The molecule has 0 amide bonds. The standard InChI is InChI=1S/C12H18NPS/c1-5-9-14(8-4,10-6-2,11-7-3)15-12-13/h5-8H,1-4,9-11H2. The Bertz CT molecular complexity index is 285. The topological polar surface area (TPSA) is 23.8 Å². The fraction of sp³-hybridized carbons (Fsp3) is 0.250. The molecule has 0 aromatic heterocycles. The van der Waals surface area contributed by atoms with Crippen molar-refractivity contribution in [2.45, 2.75) is 0 Å². The van der Waals surface area contributed by atoms with E-state index < -0.39 is 5.81 Å². The van der Waals surface area contributed by atoms with Crippen LogP contribution in [0.3, 0.4) is 0 Å². The summed E-state index contributed by atoms with van der Waals surface area (Å²) >= 11 is 1.35. The van der Waals surface area contributed by atoms with Crippen LogP contribution in [0.5, 0.6) is 0 Å². The van der Waals surface area contributed by atoms with E-state index in [0.717, 1.165) is 18.5 Å². The molecule has 0 aliphatic carbocycles. The Labute approximate surface area is 96.9 Å². The van der Waals surface area contributed by atoms with E-state index in [0.29, 0.717) is 0 Å². The Balaban J connectivity index is 5.45. The summed E-state index contributed by atoms with van der Waals surface area (Å²) in [6.07, 6.45) is 8.05. The molecule has 0 saturated carbocycles. The Kier molecular flexibility index (Phi) is 5.65. The molecule has 3 heteroatoms. The molecule has 0 aliphatic rings. The van der Waals surface area contributed by atoms with Crippen LogP contribution in [0.25, 0.3) is 0 Å². The van der Waals surface area contributed by atoms with E-state index in [-0.39, 0.29) is 0 Å². The average molecular weight is 239 g/mol. The number of hydrogen-bond acceptors (Lipinski definition) is 2. The van der Waals surface area contributed by atoms with Crippen molar-refractivity contribution in [3.8, 4) is 5.40 Å². The number of thiocyanates is 1. The first-order valence-corrected chi connectivity index (χ1v) is 8.96. The maximum atomic E-state index is 8.97. The van der Waals surface area contributed by atoms with Gasteiger partial charge in [-0.2, -0.15) is 0 Å². The Morgan fingerprint density at radius 1 is 1.00 bits per heavy atom. The van der Waals surface area contributed by atoms with Gasteiger partial charge in [0.2, 0.25) is 0 Å². The zero-order chi connectivity index (χ0) is 11.8. The van der Waals surface area contributed by atoms with E-state index in [1.165, 1.54) is 11.4 Å². The zero-order valence-electron chi connectivity index (χ0n) is 9.06. The van der Waals surface area contributed by atoms with Gasteiger partial charge in [0.1, 0.15) is 0 Å². The Morgan fingerprint density at radius 2 is 1.40 bits per heavy atom. The minimum absolute atomic E-state index is 0.811. The molecule has 0 saturated heterocycles. The fourth-order valence-corrected chi connectivity index (χ4v) is 7.41. The SMILES string of the molecule is C=CCP(C=C)(CC=C)(CC=C)SC#N. The predicted molar refractivity (Wildman–Crippen MR) is 75.5 cm³/mol. The average Bonchev–Trinajstić information content (AvgIpc) is 2.20. The first kappa shape index (κ1) is 14.2. The molecule has 1 nitrogen and oxygen atoms in total. The van der Waals surface area contributed by atoms with Gasteiger partial charge in [-0.1, -0.05) is 0 Å².